The zero-order chi connectivity index (χ0) is 30.2. The van der Waals surface area contributed by atoms with Crippen molar-refractivity contribution in [2.24, 2.45) is 0 Å². The standard InChI is InChI=1S/C33H29F3N4O3/c1-2-42-21-22-43-32-38-30(25-13-15-26(16-14-25)33(34,35)36)40(39-32)28-19-17-27(18-20-28)37-31(41)29(23-9-5-3-6-10-23)24-11-7-4-8-12-24/h3-20,29H,2,21-22H2,1H3,(H,37,41). The second-order valence-corrected chi connectivity index (χ2v) is 9.54. The molecule has 220 valence electrons. The van der Waals surface area contributed by atoms with Crippen LogP contribution in [0.15, 0.2) is 109 Å². The number of ether oxygens (including phenoxy) is 2. The molecule has 5 aromatic rings. The van der Waals surface area contributed by atoms with Gasteiger partial charge in [-0.3, -0.25) is 4.79 Å². The van der Waals surface area contributed by atoms with Gasteiger partial charge >= 0.3 is 12.2 Å². The summed E-state index contributed by atoms with van der Waals surface area (Å²) in [6.45, 7) is 2.94. The molecule has 1 amide bonds. The van der Waals surface area contributed by atoms with Crippen LogP contribution in [0.2, 0.25) is 0 Å². The fraction of sp³-hybridized carbons (Fsp3) is 0.182. The van der Waals surface area contributed by atoms with E-state index in [9.17, 15) is 18.0 Å². The van der Waals surface area contributed by atoms with Crippen molar-refractivity contribution >= 4 is 11.6 Å². The summed E-state index contributed by atoms with van der Waals surface area (Å²) >= 11 is 0. The van der Waals surface area contributed by atoms with E-state index in [0.717, 1.165) is 23.3 Å². The number of hydrogen-bond donors (Lipinski definition) is 1. The van der Waals surface area contributed by atoms with Crippen LogP contribution < -0.4 is 10.1 Å². The summed E-state index contributed by atoms with van der Waals surface area (Å²) in [7, 11) is 0. The van der Waals surface area contributed by atoms with Crippen molar-refractivity contribution in [3.63, 3.8) is 0 Å². The second-order valence-electron chi connectivity index (χ2n) is 9.54. The highest BCUT2D eigenvalue weighted by Gasteiger charge is 2.30. The highest BCUT2D eigenvalue weighted by molar-refractivity contribution is 5.98. The smallest absolute Gasteiger partial charge is 0.416 e. The molecule has 0 aliphatic heterocycles. The Balaban J connectivity index is 1.41. The first-order chi connectivity index (χ1) is 20.8. The fourth-order valence-corrected chi connectivity index (χ4v) is 4.55. The topological polar surface area (TPSA) is 78.3 Å². The summed E-state index contributed by atoms with van der Waals surface area (Å²) in [5.74, 6) is -0.411. The van der Waals surface area contributed by atoms with E-state index in [2.05, 4.69) is 15.4 Å². The zero-order valence-electron chi connectivity index (χ0n) is 23.3. The summed E-state index contributed by atoms with van der Waals surface area (Å²) in [5.41, 5.74) is 2.52. The molecule has 5 rings (SSSR count). The van der Waals surface area contributed by atoms with Gasteiger partial charge in [0.25, 0.3) is 0 Å². The molecule has 7 nitrogen and oxygen atoms in total. The average molecular weight is 587 g/mol. The SMILES string of the molecule is CCOCCOc1nc(-c2ccc(C(F)(F)F)cc2)n(-c2ccc(NC(=O)C(c3ccccc3)c3ccccc3)cc2)n1. The van der Waals surface area contributed by atoms with Crippen LogP contribution in [0, 0.1) is 0 Å². The number of rotatable bonds is 11. The molecule has 43 heavy (non-hydrogen) atoms. The van der Waals surface area contributed by atoms with Crippen LogP contribution in [0.25, 0.3) is 17.1 Å². The highest BCUT2D eigenvalue weighted by Crippen LogP contribution is 2.32. The maximum atomic E-state index is 13.5. The van der Waals surface area contributed by atoms with Crippen LogP contribution in [-0.4, -0.2) is 40.5 Å². The lowest BCUT2D eigenvalue weighted by atomic mass is 9.90. The van der Waals surface area contributed by atoms with Gasteiger partial charge in [-0.1, -0.05) is 72.8 Å². The van der Waals surface area contributed by atoms with Crippen molar-refractivity contribution in [3.05, 3.63) is 126 Å². The third kappa shape index (κ3) is 7.28. The summed E-state index contributed by atoms with van der Waals surface area (Å²) in [6, 6.07) is 30.7. The Hall–Kier alpha value is -4.96. The number of anilines is 1. The van der Waals surface area contributed by atoms with Gasteiger partial charge in [0.15, 0.2) is 5.82 Å². The van der Waals surface area contributed by atoms with Gasteiger partial charge in [0.1, 0.15) is 6.61 Å². The predicted octanol–water partition coefficient (Wildman–Crippen LogP) is 7.14. The normalized spacial score (nSPS) is 11.5. The Morgan fingerprint density at radius 2 is 1.44 bits per heavy atom. The van der Waals surface area contributed by atoms with E-state index >= 15 is 0 Å². The number of halogens is 3. The van der Waals surface area contributed by atoms with Crippen molar-refractivity contribution in [1.29, 1.82) is 0 Å². The van der Waals surface area contributed by atoms with Gasteiger partial charge in [-0.05, 0) is 54.4 Å². The molecular formula is C33H29F3N4O3. The lowest BCUT2D eigenvalue weighted by molar-refractivity contribution is -0.137. The zero-order valence-corrected chi connectivity index (χ0v) is 23.3. The summed E-state index contributed by atoms with van der Waals surface area (Å²) < 4.78 is 51.9. The maximum absolute atomic E-state index is 13.5. The third-order valence-electron chi connectivity index (χ3n) is 6.63. The Kier molecular flexibility index (Phi) is 9.17. The minimum absolute atomic E-state index is 0.0561. The van der Waals surface area contributed by atoms with Crippen molar-refractivity contribution in [3.8, 4) is 23.1 Å². The van der Waals surface area contributed by atoms with Gasteiger partial charge in [0.2, 0.25) is 5.91 Å². The second kappa shape index (κ2) is 13.3. The van der Waals surface area contributed by atoms with Gasteiger partial charge in [0, 0.05) is 17.9 Å². The quantitative estimate of drug-likeness (QED) is 0.167. The number of hydrogen-bond acceptors (Lipinski definition) is 5. The number of carbonyl (C=O) groups is 1. The molecule has 1 N–H and O–H groups in total. The van der Waals surface area contributed by atoms with E-state index in [1.54, 1.807) is 24.3 Å². The van der Waals surface area contributed by atoms with Crippen LogP contribution in [0.3, 0.4) is 0 Å². The number of carbonyl (C=O) groups excluding carboxylic acids is 1. The van der Waals surface area contributed by atoms with Crippen LogP contribution in [0.1, 0.15) is 29.5 Å². The molecule has 0 spiro atoms. The molecule has 0 unspecified atom stereocenters. The van der Waals surface area contributed by atoms with Crippen LogP contribution in [-0.2, 0) is 15.7 Å². The van der Waals surface area contributed by atoms with Gasteiger partial charge in [0.05, 0.1) is 23.8 Å². The number of nitrogens with zero attached hydrogens (tertiary/aromatic N) is 3. The van der Waals surface area contributed by atoms with Crippen molar-refractivity contribution in [2.45, 2.75) is 19.0 Å². The van der Waals surface area contributed by atoms with Crippen molar-refractivity contribution < 1.29 is 27.4 Å². The highest BCUT2D eigenvalue weighted by atomic mass is 19.4. The molecule has 0 aliphatic carbocycles. The molecular weight excluding hydrogens is 557 g/mol. The lowest BCUT2D eigenvalue weighted by Gasteiger charge is -2.18. The van der Waals surface area contributed by atoms with E-state index in [0.29, 0.717) is 36.0 Å². The van der Waals surface area contributed by atoms with Gasteiger partial charge < -0.3 is 14.8 Å². The first-order valence-corrected chi connectivity index (χ1v) is 13.7. The molecule has 4 aromatic carbocycles. The molecule has 0 radical (unpaired) electrons. The van der Waals surface area contributed by atoms with E-state index in [1.165, 1.54) is 16.8 Å². The largest absolute Gasteiger partial charge is 0.460 e. The molecule has 1 aromatic heterocycles. The number of aromatic nitrogens is 3. The Labute approximate surface area is 246 Å². The van der Waals surface area contributed by atoms with Gasteiger partial charge in [-0.15, -0.1) is 5.10 Å². The minimum Gasteiger partial charge on any atom is -0.460 e. The summed E-state index contributed by atoms with van der Waals surface area (Å²) in [5, 5.41) is 7.44. The van der Waals surface area contributed by atoms with Crippen LogP contribution in [0.5, 0.6) is 6.01 Å². The molecule has 1 heterocycles. The first-order valence-electron chi connectivity index (χ1n) is 13.7. The molecule has 0 saturated carbocycles. The Morgan fingerprint density at radius 3 is 2.00 bits per heavy atom. The van der Waals surface area contributed by atoms with E-state index in [4.69, 9.17) is 9.47 Å². The Morgan fingerprint density at radius 1 is 0.837 bits per heavy atom. The molecule has 0 saturated heterocycles. The minimum atomic E-state index is -4.46. The summed E-state index contributed by atoms with van der Waals surface area (Å²) in [6.07, 6.45) is -4.46. The number of amides is 1. The van der Waals surface area contributed by atoms with Crippen molar-refractivity contribution in [2.75, 3.05) is 25.1 Å². The fourth-order valence-electron chi connectivity index (χ4n) is 4.55. The molecule has 0 aliphatic rings. The lowest BCUT2D eigenvalue weighted by Crippen LogP contribution is -2.22. The Bertz CT molecular complexity index is 1580. The summed E-state index contributed by atoms with van der Waals surface area (Å²) in [4.78, 5) is 17.9. The molecule has 10 heteroatoms. The van der Waals surface area contributed by atoms with Crippen molar-refractivity contribution in [1.82, 2.24) is 14.8 Å². The van der Waals surface area contributed by atoms with Crippen LogP contribution >= 0.6 is 0 Å². The number of benzene rings is 4. The monoisotopic (exact) mass is 586 g/mol. The average Bonchev–Trinajstić information content (AvgIpc) is 3.45. The molecule has 0 bridgehead atoms. The maximum Gasteiger partial charge on any atom is 0.416 e. The van der Waals surface area contributed by atoms with Crippen LogP contribution in [0.4, 0.5) is 18.9 Å². The number of alkyl halides is 3. The first kappa shape index (κ1) is 29.5. The number of nitrogens with one attached hydrogen (secondary N) is 1. The third-order valence-corrected chi connectivity index (χ3v) is 6.63. The predicted molar refractivity (Wildman–Crippen MR) is 157 cm³/mol. The van der Waals surface area contributed by atoms with E-state index in [1.807, 2.05) is 67.6 Å². The van der Waals surface area contributed by atoms with E-state index in [-0.39, 0.29) is 18.5 Å². The molecule has 0 atom stereocenters. The van der Waals surface area contributed by atoms with E-state index < -0.39 is 17.7 Å². The van der Waals surface area contributed by atoms with Gasteiger partial charge in [-0.2, -0.15) is 18.2 Å². The molecule has 0 fully saturated rings. The van der Waals surface area contributed by atoms with Gasteiger partial charge in [-0.25, -0.2) is 4.68 Å².